The third kappa shape index (κ3) is 2.92. The quantitative estimate of drug-likeness (QED) is 0.802. The molecule has 7 heteroatoms. The molecule has 104 valence electrons. The van der Waals surface area contributed by atoms with Gasteiger partial charge in [-0.1, -0.05) is 11.6 Å². The van der Waals surface area contributed by atoms with Crippen molar-refractivity contribution < 1.29 is 14.6 Å². The van der Waals surface area contributed by atoms with E-state index in [1.165, 1.54) is 19.2 Å². The normalized spacial score (nSPS) is 10.1. The van der Waals surface area contributed by atoms with E-state index < -0.39 is 5.97 Å². The van der Waals surface area contributed by atoms with Gasteiger partial charge in [0.25, 0.3) is 0 Å². The van der Waals surface area contributed by atoms with Gasteiger partial charge in [0.05, 0.1) is 18.5 Å². The van der Waals surface area contributed by atoms with E-state index in [1.54, 1.807) is 18.2 Å². The summed E-state index contributed by atoms with van der Waals surface area (Å²) < 4.78 is 5.18. The standard InChI is InChI=1S/C13H12ClN3O3/c1-20-11-5-2-7(14)6-10(11)17-12-8(15)3-4-9(16-12)13(18)19/h2-6H,15H2,1H3,(H,16,17)(H,18,19). The van der Waals surface area contributed by atoms with Gasteiger partial charge < -0.3 is 20.9 Å². The van der Waals surface area contributed by atoms with Crippen molar-refractivity contribution in [3.63, 3.8) is 0 Å². The highest BCUT2D eigenvalue weighted by Crippen LogP contribution is 2.31. The molecule has 2 aromatic rings. The number of carbonyl (C=O) groups is 1. The number of aromatic carboxylic acids is 1. The van der Waals surface area contributed by atoms with Crippen LogP contribution in [0.25, 0.3) is 0 Å². The number of nitrogens with one attached hydrogen (secondary N) is 1. The van der Waals surface area contributed by atoms with Crippen molar-refractivity contribution in [3.8, 4) is 5.75 Å². The molecule has 0 aliphatic rings. The molecule has 0 amide bonds. The Balaban J connectivity index is 2.41. The van der Waals surface area contributed by atoms with Crippen LogP contribution in [0.5, 0.6) is 5.75 Å². The van der Waals surface area contributed by atoms with E-state index in [-0.39, 0.29) is 11.5 Å². The van der Waals surface area contributed by atoms with Crippen LogP contribution in [-0.4, -0.2) is 23.2 Å². The van der Waals surface area contributed by atoms with Crippen molar-refractivity contribution in [3.05, 3.63) is 41.0 Å². The number of halogens is 1. The molecule has 0 atom stereocenters. The highest BCUT2D eigenvalue weighted by Gasteiger charge is 2.11. The third-order valence-corrected chi connectivity index (χ3v) is 2.80. The Hall–Kier alpha value is -2.47. The molecular formula is C13H12ClN3O3. The second-order valence-electron chi connectivity index (χ2n) is 3.91. The van der Waals surface area contributed by atoms with Crippen LogP contribution in [0.1, 0.15) is 10.5 Å². The molecule has 0 aliphatic heterocycles. The van der Waals surface area contributed by atoms with Crippen LogP contribution in [0.3, 0.4) is 0 Å². The Morgan fingerprint density at radius 3 is 2.80 bits per heavy atom. The molecule has 0 saturated heterocycles. The number of hydrogen-bond donors (Lipinski definition) is 3. The molecule has 6 nitrogen and oxygen atoms in total. The fraction of sp³-hybridized carbons (Fsp3) is 0.0769. The van der Waals surface area contributed by atoms with Crippen molar-refractivity contribution in [2.24, 2.45) is 0 Å². The van der Waals surface area contributed by atoms with Gasteiger partial charge in [-0.2, -0.15) is 0 Å². The second kappa shape index (κ2) is 5.66. The minimum absolute atomic E-state index is 0.109. The number of pyridine rings is 1. The summed E-state index contributed by atoms with van der Waals surface area (Å²) in [6.07, 6.45) is 0. The molecule has 2 rings (SSSR count). The number of methoxy groups -OCH3 is 1. The van der Waals surface area contributed by atoms with E-state index in [0.717, 1.165) is 0 Å². The molecule has 0 unspecified atom stereocenters. The Bertz CT molecular complexity index is 661. The first-order valence-corrected chi connectivity index (χ1v) is 5.99. The molecule has 4 N–H and O–H groups in total. The van der Waals surface area contributed by atoms with E-state index in [9.17, 15) is 4.79 Å². The largest absolute Gasteiger partial charge is 0.495 e. The zero-order valence-electron chi connectivity index (χ0n) is 10.6. The van der Waals surface area contributed by atoms with Crippen LogP contribution >= 0.6 is 11.6 Å². The van der Waals surface area contributed by atoms with E-state index in [1.807, 2.05) is 0 Å². The summed E-state index contributed by atoms with van der Waals surface area (Å²) in [5.74, 6) is -0.368. The fourth-order valence-corrected chi connectivity index (χ4v) is 1.77. The number of carboxylic acid groups (broad SMARTS) is 1. The minimum Gasteiger partial charge on any atom is -0.495 e. The summed E-state index contributed by atoms with van der Waals surface area (Å²) in [5.41, 5.74) is 6.53. The summed E-state index contributed by atoms with van der Waals surface area (Å²) >= 11 is 5.92. The lowest BCUT2D eigenvalue weighted by atomic mass is 10.2. The lowest BCUT2D eigenvalue weighted by Crippen LogP contribution is -2.06. The number of aromatic nitrogens is 1. The minimum atomic E-state index is -1.13. The predicted octanol–water partition coefficient (Wildman–Crippen LogP) is 2.77. The van der Waals surface area contributed by atoms with Crippen molar-refractivity contribution in [1.82, 2.24) is 4.98 Å². The highest BCUT2D eigenvalue weighted by atomic mass is 35.5. The summed E-state index contributed by atoms with van der Waals surface area (Å²) in [6.45, 7) is 0. The monoisotopic (exact) mass is 293 g/mol. The van der Waals surface area contributed by atoms with Gasteiger partial charge in [0.1, 0.15) is 5.75 Å². The van der Waals surface area contributed by atoms with Gasteiger partial charge in [0.2, 0.25) is 0 Å². The van der Waals surface area contributed by atoms with Gasteiger partial charge in [-0.25, -0.2) is 9.78 Å². The summed E-state index contributed by atoms with van der Waals surface area (Å²) in [5, 5.41) is 12.4. The van der Waals surface area contributed by atoms with Gasteiger partial charge in [0.15, 0.2) is 11.5 Å². The van der Waals surface area contributed by atoms with Crippen LogP contribution in [0, 0.1) is 0 Å². The second-order valence-corrected chi connectivity index (χ2v) is 4.35. The zero-order valence-corrected chi connectivity index (χ0v) is 11.3. The molecule has 0 fully saturated rings. The van der Waals surface area contributed by atoms with E-state index in [0.29, 0.717) is 22.1 Å². The Morgan fingerprint density at radius 2 is 2.15 bits per heavy atom. The molecule has 0 aliphatic carbocycles. The molecule has 1 aromatic heterocycles. The van der Waals surface area contributed by atoms with E-state index in [2.05, 4.69) is 10.3 Å². The van der Waals surface area contributed by atoms with Gasteiger partial charge in [0, 0.05) is 5.02 Å². The first-order valence-electron chi connectivity index (χ1n) is 5.61. The summed E-state index contributed by atoms with van der Waals surface area (Å²) in [7, 11) is 1.51. The van der Waals surface area contributed by atoms with E-state index in [4.69, 9.17) is 27.2 Å². The molecule has 20 heavy (non-hydrogen) atoms. The van der Waals surface area contributed by atoms with Gasteiger partial charge in [-0.05, 0) is 30.3 Å². The number of ether oxygens (including phenoxy) is 1. The van der Waals surface area contributed by atoms with Crippen molar-refractivity contribution in [2.45, 2.75) is 0 Å². The van der Waals surface area contributed by atoms with Crippen LogP contribution in [0.15, 0.2) is 30.3 Å². The van der Waals surface area contributed by atoms with Crippen LogP contribution in [-0.2, 0) is 0 Å². The van der Waals surface area contributed by atoms with Crippen molar-refractivity contribution >= 4 is 34.8 Å². The first kappa shape index (κ1) is 14.0. The average molecular weight is 294 g/mol. The number of rotatable bonds is 4. The maximum atomic E-state index is 10.9. The fourth-order valence-electron chi connectivity index (χ4n) is 1.59. The maximum absolute atomic E-state index is 10.9. The molecular weight excluding hydrogens is 282 g/mol. The molecule has 0 saturated carbocycles. The summed E-state index contributed by atoms with van der Waals surface area (Å²) in [6, 6.07) is 7.79. The third-order valence-electron chi connectivity index (χ3n) is 2.56. The Morgan fingerprint density at radius 1 is 1.40 bits per heavy atom. The van der Waals surface area contributed by atoms with Crippen LogP contribution < -0.4 is 15.8 Å². The van der Waals surface area contributed by atoms with Gasteiger partial charge in [-0.15, -0.1) is 0 Å². The highest BCUT2D eigenvalue weighted by molar-refractivity contribution is 6.31. The number of nitrogen functional groups attached to an aromatic ring is 1. The number of nitrogens with two attached hydrogens (primary N) is 1. The SMILES string of the molecule is COc1ccc(Cl)cc1Nc1nc(C(=O)O)ccc1N. The van der Waals surface area contributed by atoms with Crippen molar-refractivity contribution in [2.75, 3.05) is 18.2 Å². The van der Waals surface area contributed by atoms with Crippen LogP contribution in [0.2, 0.25) is 5.02 Å². The number of carboxylic acids is 1. The molecule has 0 radical (unpaired) electrons. The summed E-state index contributed by atoms with van der Waals surface area (Å²) in [4.78, 5) is 14.9. The smallest absolute Gasteiger partial charge is 0.354 e. The lowest BCUT2D eigenvalue weighted by Gasteiger charge is -2.12. The zero-order chi connectivity index (χ0) is 14.7. The molecule has 0 spiro atoms. The van der Waals surface area contributed by atoms with Crippen LogP contribution in [0.4, 0.5) is 17.2 Å². The maximum Gasteiger partial charge on any atom is 0.354 e. The molecule has 0 bridgehead atoms. The topological polar surface area (TPSA) is 97.5 Å². The lowest BCUT2D eigenvalue weighted by molar-refractivity contribution is 0.0690. The Kier molecular flexibility index (Phi) is 3.95. The van der Waals surface area contributed by atoms with E-state index >= 15 is 0 Å². The number of benzene rings is 1. The molecule has 1 heterocycles. The average Bonchev–Trinajstić information content (AvgIpc) is 2.41. The molecule has 1 aromatic carbocycles. The Labute approximate surface area is 120 Å². The van der Waals surface area contributed by atoms with Gasteiger partial charge in [-0.3, -0.25) is 0 Å². The first-order chi connectivity index (χ1) is 9.51. The van der Waals surface area contributed by atoms with Gasteiger partial charge >= 0.3 is 5.97 Å². The van der Waals surface area contributed by atoms with Crippen molar-refractivity contribution in [1.29, 1.82) is 0 Å². The number of anilines is 3. The predicted molar refractivity (Wildman–Crippen MR) is 76.9 cm³/mol. The number of hydrogen-bond acceptors (Lipinski definition) is 5. The number of nitrogens with zero attached hydrogens (tertiary/aromatic N) is 1.